The molecule has 3 unspecified atom stereocenters. The summed E-state index contributed by atoms with van der Waals surface area (Å²) in [5, 5.41) is 9.60. The molecule has 2 heterocycles. The molecule has 0 radical (unpaired) electrons. The van der Waals surface area contributed by atoms with Crippen LogP contribution < -0.4 is 0 Å². The third-order valence-corrected chi connectivity index (χ3v) is 7.96. The zero-order chi connectivity index (χ0) is 28.2. The number of ether oxygens (including phenoxy) is 1. The van der Waals surface area contributed by atoms with Crippen molar-refractivity contribution in [3.63, 3.8) is 0 Å². The Kier molecular flexibility index (Phi) is 11.3. The van der Waals surface area contributed by atoms with Crippen molar-refractivity contribution in [2.75, 3.05) is 26.3 Å². The summed E-state index contributed by atoms with van der Waals surface area (Å²) in [7, 11) is 0. The fraction of sp³-hybridized carbons (Fsp3) is 0.485. The van der Waals surface area contributed by atoms with Gasteiger partial charge in [-0.25, -0.2) is 0 Å². The zero-order valence-corrected chi connectivity index (χ0v) is 23.3. The Balaban J connectivity index is 1.46. The number of amides is 2. The predicted octanol–water partition coefficient (Wildman–Crippen LogP) is 4.54. The van der Waals surface area contributed by atoms with Gasteiger partial charge in [0.05, 0.1) is 24.5 Å². The lowest BCUT2D eigenvalue weighted by Crippen LogP contribution is -2.44. The van der Waals surface area contributed by atoms with Crippen LogP contribution in [0.2, 0.25) is 0 Å². The number of nitrogens with zero attached hydrogens (tertiary/aromatic N) is 2. The second kappa shape index (κ2) is 15.4. The summed E-state index contributed by atoms with van der Waals surface area (Å²) in [5.41, 5.74) is 2.10. The highest BCUT2D eigenvalue weighted by Crippen LogP contribution is 2.26. The Morgan fingerprint density at radius 1 is 0.925 bits per heavy atom. The van der Waals surface area contributed by atoms with Gasteiger partial charge in [0.1, 0.15) is 6.61 Å². The molecule has 0 aromatic heterocycles. The van der Waals surface area contributed by atoms with Crippen LogP contribution in [-0.2, 0) is 32.1 Å². The topological polar surface area (TPSA) is 87.2 Å². The lowest BCUT2D eigenvalue weighted by Gasteiger charge is -2.30. The monoisotopic (exact) mass is 546 g/mol. The first-order valence-corrected chi connectivity index (χ1v) is 14.6. The van der Waals surface area contributed by atoms with Crippen LogP contribution in [0.3, 0.4) is 0 Å². The van der Waals surface area contributed by atoms with Crippen molar-refractivity contribution in [1.82, 2.24) is 9.80 Å². The number of rotatable bonds is 8. The first-order chi connectivity index (χ1) is 19.5. The molecule has 2 aromatic carbocycles. The minimum absolute atomic E-state index is 0.0573. The maximum absolute atomic E-state index is 13.8. The average molecular weight is 547 g/mol. The van der Waals surface area contributed by atoms with E-state index in [-0.39, 0.29) is 55.9 Å². The molecule has 214 valence electrons. The Labute approximate surface area is 237 Å². The molecule has 7 nitrogen and oxygen atoms in total. The molecular formula is C33H42N2O5. The summed E-state index contributed by atoms with van der Waals surface area (Å²) in [4.78, 5) is 43.8. The number of carbonyl (C=O) groups excluding carboxylic acids is 3. The second-order valence-electron chi connectivity index (χ2n) is 10.9. The predicted molar refractivity (Wildman–Crippen MR) is 154 cm³/mol. The Hall–Kier alpha value is -3.45. The maximum Gasteiger partial charge on any atom is 0.309 e. The van der Waals surface area contributed by atoms with E-state index in [0.29, 0.717) is 25.9 Å². The molecule has 2 aliphatic rings. The molecule has 0 spiro atoms. The van der Waals surface area contributed by atoms with Crippen LogP contribution in [0.5, 0.6) is 0 Å². The van der Waals surface area contributed by atoms with Crippen molar-refractivity contribution in [2.45, 2.75) is 64.0 Å². The molecule has 1 fully saturated rings. The average Bonchev–Trinajstić information content (AvgIpc) is 3.45. The van der Waals surface area contributed by atoms with Gasteiger partial charge in [0, 0.05) is 26.1 Å². The van der Waals surface area contributed by atoms with E-state index in [1.54, 1.807) is 4.90 Å². The van der Waals surface area contributed by atoms with Crippen LogP contribution in [-0.4, -0.2) is 65.0 Å². The number of fused-ring (bicyclic) bond motifs is 1. The highest BCUT2D eigenvalue weighted by Gasteiger charge is 2.35. The third kappa shape index (κ3) is 8.52. The molecule has 2 aromatic rings. The summed E-state index contributed by atoms with van der Waals surface area (Å²) >= 11 is 0. The van der Waals surface area contributed by atoms with E-state index < -0.39 is 5.92 Å². The number of esters is 1. The van der Waals surface area contributed by atoms with Crippen molar-refractivity contribution < 1.29 is 24.2 Å². The molecule has 1 saturated heterocycles. The van der Waals surface area contributed by atoms with Gasteiger partial charge >= 0.3 is 5.97 Å². The summed E-state index contributed by atoms with van der Waals surface area (Å²) in [6.07, 6.45) is 9.31. The van der Waals surface area contributed by atoms with Crippen LogP contribution in [0.25, 0.3) is 0 Å². The normalized spacial score (nSPS) is 22.3. The number of hydrogen-bond acceptors (Lipinski definition) is 5. The third-order valence-electron chi connectivity index (χ3n) is 7.96. The van der Waals surface area contributed by atoms with E-state index >= 15 is 0 Å². The van der Waals surface area contributed by atoms with E-state index in [0.717, 1.165) is 43.2 Å². The van der Waals surface area contributed by atoms with E-state index in [1.165, 1.54) is 0 Å². The molecule has 4 rings (SSSR count). The quantitative estimate of drug-likeness (QED) is 0.388. The zero-order valence-electron chi connectivity index (χ0n) is 23.3. The standard InChI is InChI=1S/C33H42N2O5/c36-21-20-34(24-27-14-7-4-8-15-27)31(37)23-28-16-9-1-2-10-17-29(22-26-12-5-3-6-13-26)33(39)40-25-30-18-11-19-35(30)32(28)38/h1,3-9,12-15,28-30,36H,2,10-11,16-25H2. The van der Waals surface area contributed by atoms with Gasteiger partial charge < -0.3 is 19.6 Å². The van der Waals surface area contributed by atoms with Crippen molar-refractivity contribution >= 4 is 17.8 Å². The van der Waals surface area contributed by atoms with Gasteiger partial charge in [-0.15, -0.1) is 0 Å². The summed E-state index contributed by atoms with van der Waals surface area (Å²) in [6.45, 7) is 1.27. The van der Waals surface area contributed by atoms with Gasteiger partial charge in [-0.1, -0.05) is 72.8 Å². The lowest BCUT2D eigenvalue weighted by atomic mass is 9.93. The van der Waals surface area contributed by atoms with Crippen molar-refractivity contribution in [2.24, 2.45) is 11.8 Å². The number of aliphatic hydroxyl groups is 1. The highest BCUT2D eigenvalue weighted by molar-refractivity contribution is 5.86. The maximum atomic E-state index is 13.8. The molecular weight excluding hydrogens is 504 g/mol. The number of aliphatic hydroxyl groups excluding tert-OH is 1. The number of cyclic esters (lactones) is 1. The number of carbonyl (C=O) groups is 3. The number of hydrogen-bond donors (Lipinski definition) is 1. The SMILES string of the molecule is O=C1OCC2CCCN2C(=O)C(CC(=O)N(CCO)Cc2ccccc2)CC=CCCCC1Cc1ccccc1. The minimum atomic E-state index is -0.495. The summed E-state index contributed by atoms with van der Waals surface area (Å²) in [6, 6.07) is 19.5. The molecule has 40 heavy (non-hydrogen) atoms. The molecule has 3 atom stereocenters. The van der Waals surface area contributed by atoms with Crippen LogP contribution in [0, 0.1) is 11.8 Å². The second-order valence-corrected chi connectivity index (χ2v) is 10.9. The lowest BCUT2D eigenvalue weighted by molar-refractivity contribution is -0.153. The van der Waals surface area contributed by atoms with E-state index in [2.05, 4.69) is 6.08 Å². The number of allylic oxidation sites excluding steroid dienone is 2. The molecule has 0 aliphatic carbocycles. The molecule has 7 heteroatoms. The first kappa shape index (κ1) is 29.5. The van der Waals surface area contributed by atoms with Crippen LogP contribution in [0.4, 0.5) is 0 Å². The summed E-state index contributed by atoms with van der Waals surface area (Å²) in [5.74, 6) is -1.10. The van der Waals surface area contributed by atoms with Crippen molar-refractivity contribution in [3.05, 3.63) is 83.9 Å². The van der Waals surface area contributed by atoms with Crippen LogP contribution >= 0.6 is 0 Å². The fourth-order valence-electron chi connectivity index (χ4n) is 5.72. The molecule has 1 N–H and O–H groups in total. The molecule has 2 amide bonds. The van der Waals surface area contributed by atoms with Crippen molar-refractivity contribution in [3.8, 4) is 0 Å². The largest absolute Gasteiger partial charge is 0.463 e. The van der Waals surface area contributed by atoms with Gasteiger partial charge in [-0.05, 0) is 56.1 Å². The number of benzene rings is 2. The first-order valence-electron chi connectivity index (χ1n) is 14.6. The Morgan fingerprint density at radius 2 is 1.65 bits per heavy atom. The molecule has 0 saturated carbocycles. The van der Waals surface area contributed by atoms with E-state index in [4.69, 9.17) is 4.74 Å². The smallest absolute Gasteiger partial charge is 0.309 e. The van der Waals surface area contributed by atoms with E-state index in [1.807, 2.05) is 71.6 Å². The van der Waals surface area contributed by atoms with Gasteiger partial charge in [-0.3, -0.25) is 14.4 Å². The van der Waals surface area contributed by atoms with Gasteiger partial charge in [0.25, 0.3) is 0 Å². The minimum Gasteiger partial charge on any atom is -0.463 e. The Morgan fingerprint density at radius 3 is 2.38 bits per heavy atom. The van der Waals surface area contributed by atoms with Gasteiger partial charge in [0.2, 0.25) is 11.8 Å². The molecule has 2 aliphatic heterocycles. The highest BCUT2D eigenvalue weighted by atomic mass is 16.5. The Bertz CT molecular complexity index is 1120. The summed E-state index contributed by atoms with van der Waals surface area (Å²) < 4.78 is 5.83. The van der Waals surface area contributed by atoms with Crippen LogP contribution in [0.15, 0.2) is 72.8 Å². The van der Waals surface area contributed by atoms with Gasteiger partial charge in [0.15, 0.2) is 0 Å². The van der Waals surface area contributed by atoms with Crippen LogP contribution in [0.1, 0.15) is 56.1 Å². The van der Waals surface area contributed by atoms with Crippen molar-refractivity contribution in [1.29, 1.82) is 0 Å². The van der Waals surface area contributed by atoms with Gasteiger partial charge in [-0.2, -0.15) is 0 Å². The fourth-order valence-corrected chi connectivity index (χ4v) is 5.72. The molecule has 0 bridgehead atoms. The van der Waals surface area contributed by atoms with E-state index in [9.17, 15) is 19.5 Å².